The van der Waals surface area contributed by atoms with Crippen LogP contribution in [0.25, 0.3) is 0 Å². The van der Waals surface area contributed by atoms with Gasteiger partial charge in [0.1, 0.15) is 0 Å². The second kappa shape index (κ2) is 4.29. The Bertz CT molecular complexity index is 190. The third-order valence-corrected chi connectivity index (χ3v) is 2.21. The zero-order valence-electron chi connectivity index (χ0n) is 7.89. The zero-order chi connectivity index (χ0) is 8.97. The lowest BCUT2D eigenvalue weighted by Gasteiger charge is -2.12. The molecule has 0 aromatic carbocycles. The predicted molar refractivity (Wildman–Crippen MR) is 49.8 cm³/mol. The molecular formula is C10H17NO. The Balaban J connectivity index is 2.34. The Morgan fingerprint density at radius 1 is 1.33 bits per heavy atom. The van der Waals surface area contributed by atoms with Crippen molar-refractivity contribution in [2.24, 2.45) is 0 Å². The van der Waals surface area contributed by atoms with Gasteiger partial charge in [0.2, 0.25) is 0 Å². The fourth-order valence-corrected chi connectivity index (χ4v) is 1.74. The molecule has 0 unspecified atom stereocenters. The van der Waals surface area contributed by atoms with Crippen LogP contribution in [0.3, 0.4) is 0 Å². The summed E-state index contributed by atoms with van der Waals surface area (Å²) in [5, 5.41) is 3.35. The van der Waals surface area contributed by atoms with E-state index in [1.54, 1.807) is 13.0 Å². The minimum Gasteiger partial charge on any atom is -0.386 e. The van der Waals surface area contributed by atoms with Gasteiger partial charge in [-0.1, -0.05) is 12.8 Å². The first-order valence-electron chi connectivity index (χ1n) is 4.64. The van der Waals surface area contributed by atoms with E-state index in [9.17, 15) is 4.79 Å². The van der Waals surface area contributed by atoms with E-state index in [1.807, 2.05) is 6.92 Å². The first-order valence-corrected chi connectivity index (χ1v) is 4.64. The van der Waals surface area contributed by atoms with Gasteiger partial charge in [-0.25, -0.2) is 0 Å². The van der Waals surface area contributed by atoms with Crippen molar-refractivity contribution in [3.05, 3.63) is 11.8 Å². The molecule has 0 aliphatic heterocycles. The van der Waals surface area contributed by atoms with Crippen molar-refractivity contribution in [3.8, 4) is 0 Å². The SMILES string of the molecule is CC(=O)/C=C(/C)NC1CCCC1. The fourth-order valence-electron chi connectivity index (χ4n) is 1.74. The summed E-state index contributed by atoms with van der Waals surface area (Å²) in [5.41, 5.74) is 1.01. The number of allylic oxidation sites excluding steroid dienone is 2. The van der Waals surface area contributed by atoms with Crippen LogP contribution < -0.4 is 5.32 Å². The summed E-state index contributed by atoms with van der Waals surface area (Å²) in [5.74, 6) is 0.123. The van der Waals surface area contributed by atoms with Crippen molar-refractivity contribution in [2.45, 2.75) is 45.6 Å². The number of carbonyl (C=O) groups is 1. The van der Waals surface area contributed by atoms with Crippen molar-refractivity contribution in [2.75, 3.05) is 0 Å². The highest BCUT2D eigenvalue weighted by molar-refractivity contribution is 5.87. The molecule has 0 amide bonds. The number of nitrogens with one attached hydrogen (secondary N) is 1. The van der Waals surface area contributed by atoms with Gasteiger partial charge < -0.3 is 5.32 Å². The molecule has 1 aliphatic carbocycles. The molecule has 0 spiro atoms. The van der Waals surface area contributed by atoms with Crippen LogP contribution in [0.5, 0.6) is 0 Å². The average molecular weight is 167 g/mol. The molecular weight excluding hydrogens is 150 g/mol. The maximum absolute atomic E-state index is 10.7. The molecule has 2 nitrogen and oxygen atoms in total. The van der Waals surface area contributed by atoms with Crippen LogP contribution in [0.15, 0.2) is 11.8 Å². The number of ketones is 1. The van der Waals surface area contributed by atoms with Crippen molar-refractivity contribution < 1.29 is 4.79 Å². The predicted octanol–water partition coefficient (Wildman–Crippen LogP) is 2.01. The minimum atomic E-state index is 0.123. The molecule has 12 heavy (non-hydrogen) atoms. The van der Waals surface area contributed by atoms with Crippen molar-refractivity contribution in [3.63, 3.8) is 0 Å². The zero-order valence-corrected chi connectivity index (χ0v) is 7.89. The van der Waals surface area contributed by atoms with Gasteiger partial charge in [-0.3, -0.25) is 4.79 Å². The first-order chi connectivity index (χ1) is 5.68. The fraction of sp³-hybridized carbons (Fsp3) is 0.700. The topological polar surface area (TPSA) is 29.1 Å². The molecule has 1 N–H and O–H groups in total. The molecule has 1 rings (SSSR count). The molecule has 0 heterocycles. The molecule has 0 atom stereocenters. The quantitative estimate of drug-likeness (QED) is 0.651. The summed E-state index contributed by atoms with van der Waals surface area (Å²) in [6, 6.07) is 0.612. The van der Waals surface area contributed by atoms with Crippen LogP contribution >= 0.6 is 0 Å². The summed E-state index contributed by atoms with van der Waals surface area (Å²) in [6.45, 7) is 3.54. The normalized spacial score (nSPS) is 19.7. The summed E-state index contributed by atoms with van der Waals surface area (Å²) < 4.78 is 0. The molecule has 68 valence electrons. The third kappa shape index (κ3) is 3.07. The van der Waals surface area contributed by atoms with Crippen molar-refractivity contribution >= 4 is 5.78 Å². The van der Waals surface area contributed by atoms with E-state index in [-0.39, 0.29) is 5.78 Å². The Morgan fingerprint density at radius 3 is 2.42 bits per heavy atom. The van der Waals surface area contributed by atoms with Gasteiger partial charge in [-0.2, -0.15) is 0 Å². The monoisotopic (exact) mass is 167 g/mol. The van der Waals surface area contributed by atoms with E-state index in [2.05, 4.69) is 5.32 Å². The highest BCUT2D eigenvalue weighted by Gasteiger charge is 2.13. The van der Waals surface area contributed by atoms with Crippen LogP contribution in [0.1, 0.15) is 39.5 Å². The van der Waals surface area contributed by atoms with Crippen molar-refractivity contribution in [1.82, 2.24) is 5.32 Å². The second-order valence-electron chi connectivity index (χ2n) is 3.56. The summed E-state index contributed by atoms with van der Waals surface area (Å²) in [6.07, 6.45) is 6.82. The molecule has 1 saturated carbocycles. The number of hydrogen-bond acceptors (Lipinski definition) is 2. The average Bonchev–Trinajstić information content (AvgIpc) is 2.37. The second-order valence-corrected chi connectivity index (χ2v) is 3.56. The van der Waals surface area contributed by atoms with Crippen LogP contribution in [0, 0.1) is 0 Å². The molecule has 1 aliphatic rings. The molecule has 0 radical (unpaired) electrons. The highest BCUT2D eigenvalue weighted by Crippen LogP contribution is 2.18. The number of hydrogen-bond donors (Lipinski definition) is 1. The largest absolute Gasteiger partial charge is 0.386 e. The van der Waals surface area contributed by atoms with Gasteiger partial charge in [0, 0.05) is 11.7 Å². The van der Waals surface area contributed by atoms with E-state index in [4.69, 9.17) is 0 Å². The Labute approximate surface area is 74.0 Å². The van der Waals surface area contributed by atoms with Gasteiger partial charge in [0.05, 0.1) is 0 Å². The summed E-state index contributed by atoms with van der Waals surface area (Å²) in [7, 11) is 0. The van der Waals surface area contributed by atoms with Crippen LogP contribution in [0.2, 0.25) is 0 Å². The van der Waals surface area contributed by atoms with Gasteiger partial charge in [-0.15, -0.1) is 0 Å². The van der Waals surface area contributed by atoms with Crippen LogP contribution in [0.4, 0.5) is 0 Å². The molecule has 1 fully saturated rings. The third-order valence-electron chi connectivity index (χ3n) is 2.21. The minimum absolute atomic E-state index is 0.123. The molecule has 2 heteroatoms. The van der Waals surface area contributed by atoms with Crippen LogP contribution in [-0.4, -0.2) is 11.8 Å². The maximum Gasteiger partial charge on any atom is 0.154 e. The summed E-state index contributed by atoms with van der Waals surface area (Å²) >= 11 is 0. The van der Waals surface area contributed by atoms with Crippen LogP contribution in [-0.2, 0) is 4.79 Å². The van der Waals surface area contributed by atoms with Gasteiger partial charge in [-0.05, 0) is 32.8 Å². The molecule has 0 saturated heterocycles. The van der Waals surface area contributed by atoms with Gasteiger partial charge >= 0.3 is 0 Å². The Kier molecular flexibility index (Phi) is 3.32. The lowest BCUT2D eigenvalue weighted by Crippen LogP contribution is -2.24. The number of rotatable bonds is 3. The van der Waals surface area contributed by atoms with E-state index in [1.165, 1.54) is 25.7 Å². The maximum atomic E-state index is 10.7. The van der Waals surface area contributed by atoms with E-state index < -0.39 is 0 Å². The van der Waals surface area contributed by atoms with E-state index >= 15 is 0 Å². The standard InChI is InChI=1S/C10H17NO/c1-8(7-9(2)12)11-10-5-3-4-6-10/h7,10-11H,3-6H2,1-2H3/b8-7-. The highest BCUT2D eigenvalue weighted by atomic mass is 16.1. The number of carbonyl (C=O) groups excluding carboxylic acids is 1. The molecule has 0 aromatic heterocycles. The Morgan fingerprint density at radius 2 is 1.92 bits per heavy atom. The van der Waals surface area contributed by atoms with Gasteiger partial charge in [0.25, 0.3) is 0 Å². The smallest absolute Gasteiger partial charge is 0.154 e. The molecule has 0 aromatic rings. The van der Waals surface area contributed by atoms with Gasteiger partial charge in [0.15, 0.2) is 5.78 Å². The lowest BCUT2D eigenvalue weighted by atomic mass is 10.2. The van der Waals surface area contributed by atoms with E-state index in [0.29, 0.717) is 6.04 Å². The lowest BCUT2D eigenvalue weighted by molar-refractivity contribution is -0.112. The van der Waals surface area contributed by atoms with Crippen molar-refractivity contribution in [1.29, 1.82) is 0 Å². The Hall–Kier alpha value is -0.790. The molecule has 0 bridgehead atoms. The first kappa shape index (κ1) is 9.30. The van der Waals surface area contributed by atoms with E-state index in [0.717, 1.165) is 5.70 Å². The summed E-state index contributed by atoms with van der Waals surface area (Å²) in [4.78, 5) is 10.7.